The first-order chi connectivity index (χ1) is 10.5. The van der Waals surface area contributed by atoms with E-state index in [1.807, 2.05) is 20.8 Å². The highest BCUT2D eigenvalue weighted by Gasteiger charge is 2.23. The van der Waals surface area contributed by atoms with Gasteiger partial charge in [0.1, 0.15) is 10.7 Å². The van der Waals surface area contributed by atoms with Crippen LogP contribution in [-0.4, -0.2) is 8.42 Å². The molecule has 0 aliphatic rings. The lowest BCUT2D eigenvalue weighted by Crippen LogP contribution is -2.16. The molecule has 0 aliphatic heterocycles. The number of nitrogens with one attached hydrogen (secondary N) is 1. The van der Waals surface area contributed by atoms with Crippen molar-refractivity contribution in [2.75, 3.05) is 4.72 Å². The minimum Gasteiger partial charge on any atom is -0.279 e. The van der Waals surface area contributed by atoms with Gasteiger partial charge in [-0.1, -0.05) is 56.1 Å². The highest BCUT2D eigenvalue weighted by atomic mass is 35.5. The molecule has 0 spiro atoms. The maximum atomic E-state index is 14.2. The van der Waals surface area contributed by atoms with Gasteiger partial charge in [0.25, 0.3) is 10.0 Å². The molecule has 0 unspecified atom stereocenters. The lowest BCUT2D eigenvalue weighted by Gasteiger charge is -2.20. The largest absolute Gasteiger partial charge is 0.279 e. The highest BCUT2D eigenvalue weighted by Crippen LogP contribution is 2.32. The first-order valence-corrected chi connectivity index (χ1v) is 9.03. The van der Waals surface area contributed by atoms with E-state index in [4.69, 9.17) is 23.2 Å². The highest BCUT2D eigenvalue weighted by molar-refractivity contribution is 7.93. The zero-order valence-electron chi connectivity index (χ0n) is 12.8. The molecule has 3 nitrogen and oxygen atoms in total. The molecule has 0 bridgehead atoms. The Morgan fingerprint density at radius 1 is 1.04 bits per heavy atom. The maximum Gasteiger partial charge on any atom is 0.264 e. The van der Waals surface area contributed by atoms with Crippen LogP contribution in [0.1, 0.15) is 26.3 Å². The van der Waals surface area contributed by atoms with E-state index >= 15 is 0 Å². The van der Waals surface area contributed by atoms with Crippen LogP contribution in [0.4, 0.5) is 10.1 Å². The molecule has 0 amide bonds. The van der Waals surface area contributed by atoms with E-state index < -0.39 is 15.8 Å². The molecule has 0 atom stereocenters. The van der Waals surface area contributed by atoms with Gasteiger partial charge < -0.3 is 0 Å². The Kier molecular flexibility index (Phi) is 4.95. The monoisotopic (exact) mass is 375 g/mol. The van der Waals surface area contributed by atoms with Crippen LogP contribution >= 0.6 is 23.2 Å². The molecule has 0 radical (unpaired) electrons. The summed E-state index contributed by atoms with van der Waals surface area (Å²) < 4.78 is 41.4. The van der Waals surface area contributed by atoms with Gasteiger partial charge in [-0.2, -0.15) is 0 Å². The summed E-state index contributed by atoms with van der Waals surface area (Å²) in [6, 6.07) is 8.59. The number of rotatable bonds is 3. The van der Waals surface area contributed by atoms with Crippen LogP contribution in [0, 0.1) is 5.82 Å². The van der Waals surface area contributed by atoms with Crippen LogP contribution in [-0.2, 0) is 15.4 Å². The molecule has 0 aliphatic carbocycles. The minimum atomic E-state index is -4.02. The molecule has 2 aromatic carbocycles. The molecule has 23 heavy (non-hydrogen) atoms. The average Bonchev–Trinajstić information content (AvgIpc) is 2.35. The van der Waals surface area contributed by atoms with Crippen molar-refractivity contribution >= 4 is 38.9 Å². The molecule has 2 rings (SSSR count). The van der Waals surface area contributed by atoms with Crippen molar-refractivity contribution in [3.8, 4) is 0 Å². The van der Waals surface area contributed by atoms with Crippen molar-refractivity contribution < 1.29 is 12.8 Å². The molecular formula is C16H16Cl2FNO2S. The normalized spacial score (nSPS) is 12.3. The standard InChI is InChI=1S/C16H16Cl2FNO2S/c1-16(2,3)11-8-7-10(9-14(11)19)20-23(21,22)15-12(17)5-4-6-13(15)18/h4-9,20H,1-3H3. The van der Waals surface area contributed by atoms with E-state index in [1.54, 1.807) is 12.1 Å². The van der Waals surface area contributed by atoms with Crippen LogP contribution in [0.3, 0.4) is 0 Å². The van der Waals surface area contributed by atoms with Gasteiger partial charge in [-0.05, 0) is 35.2 Å². The lowest BCUT2D eigenvalue weighted by molar-refractivity contribution is 0.523. The van der Waals surface area contributed by atoms with E-state index in [2.05, 4.69) is 4.72 Å². The molecule has 0 saturated heterocycles. The van der Waals surface area contributed by atoms with E-state index in [0.29, 0.717) is 5.56 Å². The molecule has 0 saturated carbocycles. The van der Waals surface area contributed by atoms with Crippen LogP contribution in [0.25, 0.3) is 0 Å². The fraction of sp³-hybridized carbons (Fsp3) is 0.250. The number of hydrogen-bond acceptors (Lipinski definition) is 2. The van der Waals surface area contributed by atoms with Gasteiger partial charge >= 0.3 is 0 Å². The quantitative estimate of drug-likeness (QED) is 0.797. The number of halogens is 3. The summed E-state index contributed by atoms with van der Waals surface area (Å²) in [7, 11) is -4.02. The van der Waals surface area contributed by atoms with Gasteiger partial charge in [-0.15, -0.1) is 0 Å². The van der Waals surface area contributed by atoms with Gasteiger partial charge in [0.15, 0.2) is 0 Å². The number of benzene rings is 2. The molecule has 124 valence electrons. The Bertz CT molecular complexity index is 825. The first-order valence-electron chi connectivity index (χ1n) is 6.79. The van der Waals surface area contributed by atoms with Crippen molar-refractivity contribution in [3.63, 3.8) is 0 Å². The van der Waals surface area contributed by atoms with E-state index in [0.717, 1.165) is 6.07 Å². The van der Waals surface area contributed by atoms with E-state index in [-0.39, 0.29) is 26.0 Å². The summed E-state index contributed by atoms with van der Waals surface area (Å²) in [6.45, 7) is 5.62. The van der Waals surface area contributed by atoms with Crippen molar-refractivity contribution in [2.24, 2.45) is 0 Å². The van der Waals surface area contributed by atoms with Crippen LogP contribution in [0.2, 0.25) is 10.0 Å². The third-order valence-electron chi connectivity index (χ3n) is 3.22. The molecule has 0 heterocycles. The zero-order chi connectivity index (χ0) is 17.4. The zero-order valence-corrected chi connectivity index (χ0v) is 15.2. The van der Waals surface area contributed by atoms with Gasteiger partial charge in [0, 0.05) is 0 Å². The predicted molar refractivity (Wildman–Crippen MR) is 92.4 cm³/mol. The SMILES string of the molecule is CC(C)(C)c1ccc(NS(=O)(=O)c2c(Cl)cccc2Cl)cc1F. The fourth-order valence-corrected chi connectivity index (χ4v) is 4.33. The fourth-order valence-electron chi connectivity index (χ4n) is 2.13. The predicted octanol–water partition coefficient (Wildman–Crippen LogP) is 5.23. The van der Waals surface area contributed by atoms with Gasteiger partial charge in [-0.3, -0.25) is 4.72 Å². The minimum absolute atomic E-state index is 0.00298. The molecule has 1 N–H and O–H groups in total. The third kappa shape index (κ3) is 3.97. The van der Waals surface area contributed by atoms with Gasteiger partial charge in [0.2, 0.25) is 0 Å². The van der Waals surface area contributed by atoms with Crippen LogP contribution < -0.4 is 4.72 Å². The topological polar surface area (TPSA) is 46.2 Å². The van der Waals surface area contributed by atoms with Crippen molar-refractivity contribution in [3.05, 3.63) is 57.8 Å². The second-order valence-electron chi connectivity index (χ2n) is 6.10. The summed E-state index contributed by atoms with van der Waals surface area (Å²) in [5, 5.41) is -0.00596. The Labute approximate surface area is 145 Å². The molecule has 2 aromatic rings. The summed E-state index contributed by atoms with van der Waals surface area (Å²) in [5.41, 5.74) is 0.218. The molecule has 7 heteroatoms. The Hall–Kier alpha value is -1.30. The number of hydrogen-bond donors (Lipinski definition) is 1. The summed E-state index contributed by atoms with van der Waals surface area (Å²) in [4.78, 5) is -0.233. The second-order valence-corrected chi connectivity index (χ2v) is 8.53. The maximum absolute atomic E-state index is 14.2. The summed E-state index contributed by atoms with van der Waals surface area (Å²) >= 11 is 11.8. The molecular weight excluding hydrogens is 360 g/mol. The Morgan fingerprint density at radius 3 is 2.09 bits per heavy atom. The number of sulfonamides is 1. The Morgan fingerprint density at radius 2 is 1.61 bits per heavy atom. The van der Waals surface area contributed by atoms with Crippen molar-refractivity contribution in [2.45, 2.75) is 31.1 Å². The van der Waals surface area contributed by atoms with Gasteiger partial charge in [0.05, 0.1) is 15.7 Å². The summed E-state index contributed by atoms with van der Waals surface area (Å²) in [6.07, 6.45) is 0. The van der Waals surface area contributed by atoms with Crippen molar-refractivity contribution in [1.29, 1.82) is 0 Å². The van der Waals surface area contributed by atoms with E-state index in [9.17, 15) is 12.8 Å². The third-order valence-corrected chi connectivity index (χ3v) is 5.55. The van der Waals surface area contributed by atoms with Crippen LogP contribution in [0.5, 0.6) is 0 Å². The lowest BCUT2D eigenvalue weighted by atomic mass is 9.86. The number of anilines is 1. The van der Waals surface area contributed by atoms with Crippen molar-refractivity contribution in [1.82, 2.24) is 0 Å². The smallest absolute Gasteiger partial charge is 0.264 e. The Balaban J connectivity index is 2.41. The molecule has 0 fully saturated rings. The van der Waals surface area contributed by atoms with Crippen LogP contribution in [0.15, 0.2) is 41.3 Å². The molecule has 0 aromatic heterocycles. The second kappa shape index (κ2) is 6.30. The average molecular weight is 376 g/mol. The first kappa shape index (κ1) is 18.0. The van der Waals surface area contributed by atoms with Gasteiger partial charge in [-0.25, -0.2) is 12.8 Å². The van der Waals surface area contributed by atoms with E-state index in [1.165, 1.54) is 18.2 Å². The summed E-state index contributed by atoms with van der Waals surface area (Å²) in [5.74, 6) is -0.483.